The number of rotatable bonds is 8. The van der Waals surface area contributed by atoms with Crippen LogP contribution in [0.5, 0.6) is 5.75 Å². The lowest BCUT2D eigenvalue weighted by Crippen LogP contribution is -2.31. The van der Waals surface area contributed by atoms with Crippen LogP contribution in [0.1, 0.15) is 13.8 Å². The Balaban J connectivity index is 1.90. The van der Waals surface area contributed by atoms with Crippen LogP contribution >= 0.6 is 11.6 Å². The molecule has 9 nitrogen and oxygen atoms in total. The van der Waals surface area contributed by atoms with E-state index in [9.17, 15) is 14.7 Å². The minimum atomic E-state index is -0.945. The number of para-hydroxylation sites is 1. The number of imidazole rings is 1. The van der Waals surface area contributed by atoms with E-state index in [1.165, 1.54) is 11.6 Å². The van der Waals surface area contributed by atoms with Gasteiger partial charge in [-0.15, -0.1) is 0 Å². The molecule has 0 saturated heterocycles. The Morgan fingerprint density at radius 2 is 2.03 bits per heavy atom. The van der Waals surface area contributed by atoms with Gasteiger partial charge in [0.15, 0.2) is 11.2 Å². The molecule has 29 heavy (non-hydrogen) atoms. The minimum absolute atomic E-state index is 0.0311. The first kappa shape index (κ1) is 20.9. The molecule has 3 aromatic rings. The molecule has 2 heterocycles. The first-order chi connectivity index (χ1) is 13.8. The molecule has 0 fully saturated rings. The number of benzene rings is 1. The van der Waals surface area contributed by atoms with Crippen molar-refractivity contribution in [1.82, 2.24) is 19.1 Å². The molecule has 3 rings (SSSR count). The predicted octanol–water partition coefficient (Wildman–Crippen LogP) is 1.58. The van der Waals surface area contributed by atoms with Crippen LogP contribution in [0.3, 0.4) is 0 Å². The normalized spacial score (nSPS) is 12.5. The summed E-state index contributed by atoms with van der Waals surface area (Å²) >= 11 is 6.07. The molecule has 0 aliphatic heterocycles. The van der Waals surface area contributed by atoms with Gasteiger partial charge < -0.3 is 19.7 Å². The molecule has 0 saturated carbocycles. The number of hydrogen-bond acceptors (Lipinski definition) is 6. The molecule has 0 radical (unpaired) electrons. The summed E-state index contributed by atoms with van der Waals surface area (Å²) in [6, 6.07) is 6.97. The van der Waals surface area contributed by atoms with Gasteiger partial charge in [0, 0.05) is 13.6 Å². The van der Waals surface area contributed by atoms with E-state index >= 15 is 0 Å². The minimum Gasteiger partial charge on any atom is -0.489 e. The number of halogens is 1. The largest absolute Gasteiger partial charge is 0.489 e. The number of aryl methyl sites for hydroxylation is 1. The SMILES string of the molecule is CC(C)CNc1nc2c(c(=O)[nH]c(=O)n2C)n1C[C@H](O)COc1ccccc1Cl. The number of aliphatic hydroxyl groups is 1. The van der Waals surface area contributed by atoms with Crippen LogP contribution in [0.2, 0.25) is 5.02 Å². The summed E-state index contributed by atoms with van der Waals surface area (Å²) in [5.74, 6) is 1.19. The van der Waals surface area contributed by atoms with E-state index in [-0.39, 0.29) is 24.3 Å². The van der Waals surface area contributed by atoms with E-state index in [4.69, 9.17) is 16.3 Å². The number of nitrogens with one attached hydrogen (secondary N) is 2. The topological polar surface area (TPSA) is 114 Å². The number of aromatic nitrogens is 4. The van der Waals surface area contributed by atoms with Gasteiger partial charge in [0.05, 0.1) is 11.6 Å². The number of aromatic amines is 1. The zero-order valence-corrected chi connectivity index (χ0v) is 17.2. The highest BCUT2D eigenvalue weighted by atomic mass is 35.5. The number of H-pyrrole nitrogens is 1. The molecular formula is C19H24ClN5O4. The molecule has 1 aromatic carbocycles. The van der Waals surface area contributed by atoms with Gasteiger partial charge in [-0.05, 0) is 18.1 Å². The lowest BCUT2D eigenvalue weighted by molar-refractivity contribution is 0.0939. The van der Waals surface area contributed by atoms with Gasteiger partial charge in [-0.25, -0.2) is 4.79 Å². The first-order valence-electron chi connectivity index (χ1n) is 9.26. The van der Waals surface area contributed by atoms with Crippen molar-refractivity contribution >= 4 is 28.7 Å². The van der Waals surface area contributed by atoms with Crippen molar-refractivity contribution in [2.75, 3.05) is 18.5 Å². The summed E-state index contributed by atoms with van der Waals surface area (Å²) in [6.45, 7) is 4.70. The highest BCUT2D eigenvalue weighted by molar-refractivity contribution is 6.32. The van der Waals surface area contributed by atoms with Crippen LogP contribution in [0.15, 0.2) is 33.9 Å². The maximum Gasteiger partial charge on any atom is 0.329 e. The zero-order chi connectivity index (χ0) is 21.1. The van der Waals surface area contributed by atoms with Crippen molar-refractivity contribution in [3.63, 3.8) is 0 Å². The molecule has 2 aromatic heterocycles. The molecule has 1 atom stereocenters. The van der Waals surface area contributed by atoms with Crippen molar-refractivity contribution in [3.8, 4) is 5.75 Å². The second-order valence-corrected chi connectivity index (χ2v) is 7.61. The van der Waals surface area contributed by atoms with Gasteiger partial charge >= 0.3 is 5.69 Å². The number of ether oxygens (including phenoxy) is 1. The first-order valence-corrected chi connectivity index (χ1v) is 9.64. The average Bonchev–Trinajstić information content (AvgIpc) is 3.03. The van der Waals surface area contributed by atoms with E-state index in [1.807, 2.05) is 13.8 Å². The summed E-state index contributed by atoms with van der Waals surface area (Å²) in [6.07, 6.45) is -0.945. The number of aliphatic hydroxyl groups excluding tert-OH is 1. The monoisotopic (exact) mass is 421 g/mol. The molecule has 156 valence electrons. The Hall–Kier alpha value is -2.78. The van der Waals surface area contributed by atoms with E-state index in [2.05, 4.69) is 15.3 Å². The fourth-order valence-electron chi connectivity index (χ4n) is 2.85. The van der Waals surface area contributed by atoms with Crippen LogP contribution < -0.4 is 21.3 Å². The second kappa shape index (κ2) is 8.71. The summed E-state index contributed by atoms with van der Waals surface area (Å²) < 4.78 is 8.42. The number of anilines is 1. The van der Waals surface area contributed by atoms with Crippen LogP contribution in [-0.2, 0) is 13.6 Å². The maximum atomic E-state index is 12.4. The molecule has 3 N–H and O–H groups in total. The molecule has 0 amide bonds. The second-order valence-electron chi connectivity index (χ2n) is 7.21. The van der Waals surface area contributed by atoms with Gasteiger partial charge in [-0.3, -0.25) is 14.3 Å². The Bertz CT molecular complexity index is 1120. The fourth-order valence-corrected chi connectivity index (χ4v) is 3.04. The summed E-state index contributed by atoms with van der Waals surface area (Å²) in [7, 11) is 1.53. The van der Waals surface area contributed by atoms with E-state index in [0.717, 1.165) is 0 Å². The van der Waals surface area contributed by atoms with Crippen molar-refractivity contribution in [1.29, 1.82) is 0 Å². The quantitative estimate of drug-likeness (QED) is 0.509. The number of hydrogen-bond donors (Lipinski definition) is 3. The van der Waals surface area contributed by atoms with Crippen LogP contribution in [0, 0.1) is 5.92 Å². The fraction of sp³-hybridized carbons (Fsp3) is 0.421. The van der Waals surface area contributed by atoms with Crippen LogP contribution in [0.4, 0.5) is 5.95 Å². The molecular weight excluding hydrogens is 398 g/mol. The predicted molar refractivity (Wildman–Crippen MR) is 112 cm³/mol. The van der Waals surface area contributed by atoms with Gasteiger partial charge in [-0.1, -0.05) is 37.6 Å². The third kappa shape index (κ3) is 4.63. The third-order valence-corrected chi connectivity index (χ3v) is 4.65. The van der Waals surface area contributed by atoms with Crippen molar-refractivity contribution in [2.45, 2.75) is 26.5 Å². The Labute approximate surface area is 171 Å². The Kier molecular flexibility index (Phi) is 6.29. The van der Waals surface area contributed by atoms with E-state index in [0.29, 0.717) is 29.2 Å². The highest BCUT2D eigenvalue weighted by Gasteiger charge is 2.20. The molecule has 0 aliphatic rings. The lowest BCUT2D eigenvalue weighted by atomic mass is 10.2. The molecule has 0 spiro atoms. The highest BCUT2D eigenvalue weighted by Crippen LogP contribution is 2.23. The summed E-state index contributed by atoms with van der Waals surface area (Å²) in [4.78, 5) is 31.0. The molecule has 0 bridgehead atoms. The Morgan fingerprint density at radius 1 is 1.31 bits per heavy atom. The van der Waals surface area contributed by atoms with Crippen molar-refractivity contribution in [2.24, 2.45) is 13.0 Å². The lowest BCUT2D eigenvalue weighted by Gasteiger charge is -2.16. The Morgan fingerprint density at radius 3 is 2.72 bits per heavy atom. The van der Waals surface area contributed by atoms with Crippen LogP contribution in [0.25, 0.3) is 11.2 Å². The van der Waals surface area contributed by atoms with E-state index < -0.39 is 17.4 Å². The smallest absolute Gasteiger partial charge is 0.329 e. The number of fused-ring (bicyclic) bond motifs is 1. The van der Waals surface area contributed by atoms with Gasteiger partial charge in [0.1, 0.15) is 18.5 Å². The van der Waals surface area contributed by atoms with E-state index in [1.54, 1.807) is 28.8 Å². The van der Waals surface area contributed by atoms with Gasteiger partial charge in [0.2, 0.25) is 5.95 Å². The third-order valence-electron chi connectivity index (χ3n) is 4.34. The zero-order valence-electron chi connectivity index (χ0n) is 16.5. The average molecular weight is 422 g/mol. The summed E-state index contributed by atoms with van der Waals surface area (Å²) in [5.41, 5.74) is -0.669. The standard InChI is InChI=1S/C19H24ClN5O4/c1-11(2)8-21-18-22-16-15(17(27)23-19(28)24(16)3)25(18)9-12(26)10-29-14-7-5-4-6-13(14)20/h4-7,11-12,26H,8-10H2,1-3H3,(H,21,22)(H,23,27,28)/t12-/m0/s1. The molecule has 0 unspecified atom stereocenters. The molecule has 10 heteroatoms. The van der Waals surface area contributed by atoms with Gasteiger partial charge in [-0.2, -0.15) is 4.98 Å². The number of nitrogens with zero attached hydrogens (tertiary/aromatic N) is 3. The van der Waals surface area contributed by atoms with Crippen molar-refractivity contribution < 1.29 is 9.84 Å². The summed E-state index contributed by atoms with van der Waals surface area (Å²) in [5, 5.41) is 14.1. The van der Waals surface area contributed by atoms with Crippen molar-refractivity contribution in [3.05, 3.63) is 50.1 Å². The van der Waals surface area contributed by atoms with Crippen LogP contribution in [-0.4, -0.2) is 43.5 Å². The maximum absolute atomic E-state index is 12.4. The molecule has 0 aliphatic carbocycles. The van der Waals surface area contributed by atoms with Gasteiger partial charge in [0.25, 0.3) is 5.56 Å².